The van der Waals surface area contributed by atoms with Gasteiger partial charge in [0.1, 0.15) is 16.5 Å². The van der Waals surface area contributed by atoms with Gasteiger partial charge in [-0.1, -0.05) is 30.3 Å². The van der Waals surface area contributed by atoms with Crippen molar-refractivity contribution in [1.29, 1.82) is 5.26 Å². The van der Waals surface area contributed by atoms with Crippen LogP contribution in [0.4, 0.5) is 18.9 Å². The Morgan fingerprint density at radius 2 is 1.75 bits per heavy atom. The van der Waals surface area contributed by atoms with Crippen molar-refractivity contribution in [3.05, 3.63) is 89.5 Å². The molecule has 0 aromatic heterocycles. The molecule has 0 saturated heterocycles. The first-order valence-corrected chi connectivity index (χ1v) is 11.8. The van der Waals surface area contributed by atoms with Crippen LogP contribution in [0.2, 0.25) is 0 Å². The molecule has 0 aliphatic rings. The lowest BCUT2D eigenvalue weighted by atomic mass is 10.1. The molecule has 1 N–H and O–H groups in total. The first-order valence-electron chi connectivity index (χ1n) is 10.4. The molecular formula is C25H19F3N2O5S. The second-order valence-corrected chi connectivity index (χ2v) is 8.74. The van der Waals surface area contributed by atoms with Crippen molar-refractivity contribution in [3.8, 4) is 17.6 Å². The van der Waals surface area contributed by atoms with Gasteiger partial charge in [-0.25, -0.2) is 0 Å². The number of benzene rings is 3. The Morgan fingerprint density at radius 3 is 2.39 bits per heavy atom. The van der Waals surface area contributed by atoms with E-state index in [-0.39, 0.29) is 28.7 Å². The molecule has 11 heteroatoms. The fourth-order valence-corrected chi connectivity index (χ4v) is 3.95. The van der Waals surface area contributed by atoms with Gasteiger partial charge >= 0.3 is 16.3 Å². The van der Waals surface area contributed by atoms with Crippen LogP contribution < -0.4 is 14.2 Å². The Morgan fingerprint density at radius 1 is 1.03 bits per heavy atom. The van der Waals surface area contributed by atoms with Gasteiger partial charge in [0.25, 0.3) is 5.91 Å². The molecule has 3 aromatic carbocycles. The average Bonchev–Trinajstić information content (AvgIpc) is 2.84. The molecule has 3 rings (SSSR count). The maximum atomic E-state index is 12.9. The van der Waals surface area contributed by atoms with Crippen LogP contribution in [-0.2, 0) is 21.1 Å². The Hall–Kier alpha value is -4.30. The number of hydrogen-bond acceptors (Lipinski definition) is 6. The Labute approximate surface area is 205 Å². The van der Waals surface area contributed by atoms with E-state index in [9.17, 15) is 31.6 Å². The lowest BCUT2D eigenvalue weighted by Crippen LogP contribution is -2.14. The molecule has 0 heterocycles. The Balaban J connectivity index is 1.86. The molecule has 186 valence electrons. The number of hydrogen-bond donors (Lipinski definition) is 1. The number of ether oxygens (including phenoxy) is 1. The number of nitriles is 1. The standard InChI is InChI=1S/C25H19F3N2O5S/c1-2-34-23-14-17(11-12-22(23)35-36(32,33)21-9-4-3-5-10-21)13-18(16-29)24(31)30-20-8-6-7-19(15-20)25(26,27)28/h3-15H,2H2,1H3,(H,30,31)/b18-13+. The zero-order chi connectivity index (χ0) is 26.3. The van der Waals surface area contributed by atoms with E-state index in [0.29, 0.717) is 5.56 Å². The number of nitrogens with zero attached hydrogens (tertiary/aromatic N) is 1. The summed E-state index contributed by atoms with van der Waals surface area (Å²) in [5.74, 6) is -0.993. The highest BCUT2D eigenvalue weighted by molar-refractivity contribution is 7.87. The van der Waals surface area contributed by atoms with Gasteiger partial charge in [0.15, 0.2) is 11.5 Å². The van der Waals surface area contributed by atoms with Crippen molar-refractivity contribution in [1.82, 2.24) is 0 Å². The highest BCUT2D eigenvalue weighted by atomic mass is 32.2. The number of amides is 1. The van der Waals surface area contributed by atoms with Crippen molar-refractivity contribution in [2.24, 2.45) is 0 Å². The molecule has 0 atom stereocenters. The molecule has 1 amide bonds. The van der Waals surface area contributed by atoms with E-state index >= 15 is 0 Å². The number of anilines is 1. The molecule has 0 aliphatic carbocycles. The van der Waals surface area contributed by atoms with Gasteiger partial charge in [-0.3, -0.25) is 4.79 Å². The Bertz CT molecular complexity index is 1430. The minimum Gasteiger partial charge on any atom is -0.490 e. The van der Waals surface area contributed by atoms with Crippen LogP contribution in [-0.4, -0.2) is 20.9 Å². The zero-order valence-electron chi connectivity index (χ0n) is 18.7. The number of carbonyl (C=O) groups excluding carboxylic acids is 1. The summed E-state index contributed by atoms with van der Waals surface area (Å²) in [5.41, 5.74) is -1.20. The third-order valence-electron chi connectivity index (χ3n) is 4.62. The molecule has 36 heavy (non-hydrogen) atoms. The summed E-state index contributed by atoms with van der Waals surface area (Å²) < 4.78 is 74.5. The second kappa shape index (κ2) is 11.0. The van der Waals surface area contributed by atoms with Crippen molar-refractivity contribution in [2.75, 3.05) is 11.9 Å². The number of halogens is 3. The molecule has 3 aromatic rings. The summed E-state index contributed by atoms with van der Waals surface area (Å²) in [4.78, 5) is 12.5. The van der Waals surface area contributed by atoms with E-state index in [1.165, 1.54) is 42.5 Å². The van der Waals surface area contributed by atoms with E-state index in [2.05, 4.69) is 5.32 Å². The monoisotopic (exact) mass is 516 g/mol. The van der Waals surface area contributed by atoms with Gasteiger partial charge in [-0.15, -0.1) is 0 Å². The normalized spacial score (nSPS) is 11.9. The summed E-state index contributed by atoms with van der Waals surface area (Å²) in [7, 11) is -4.15. The molecule has 0 bridgehead atoms. The van der Waals surface area contributed by atoms with Crippen molar-refractivity contribution in [2.45, 2.75) is 18.0 Å². The average molecular weight is 516 g/mol. The van der Waals surface area contributed by atoms with Crippen LogP contribution in [0.15, 0.2) is 83.3 Å². The van der Waals surface area contributed by atoms with Crippen LogP contribution in [0.5, 0.6) is 11.5 Å². The highest BCUT2D eigenvalue weighted by Gasteiger charge is 2.30. The van der Waals surface area contributed by atoms with Crippen LogP contribution in [0.25, 0.3) is 6.08 Å². The molecule has 0 aliphatic heterocycles. The van der Waals surface area contributed by atoms with E-state index in [1.807, 2.05) is 0 Å². The molecular weight excluding hydrogens is 497 g/mol. The van der Waals surface area contributed by atoms with Gasteiger partial charge in [-0.2, -0.15) is 26.9 Å². The first-order chi connectivity index (χ1) is 17.0. The van der Waals surface area contributed by atoms with Gasteiger partial charge in [0.2, 0.25) is 0 Å². The number of nitrogens with one attached hydrogen (secondary N) is 1. The molecule has 0 saturated carbocycles. The second-order valence-electron chi connectivity index (χ2n) is 7.19. The SMILES string of the molecule is CCOc1cc(/C=C(\C#N)C(=O)Nc2cccc(C(F)(F)F)c2)ccc1OS(=O)(=O)c1ccccc1. The Kier molecular flexibility index (Phi) is 8.01. The van der Waals surface area contributed by atoms with Crippen LogP contribution >= 0.6 is 0 Å². The lowest BCUT2D eigenvalue weighted by Gasteiger charge is -2.13. The summed E-state index contributed by atoms with van der Waals surface area (Å²) in [5, 5.41) is 11.7. The highest BCUT2D eigenvalue weighted by Crippen LogP contribution is 2.33. The topological polar surface area (TPSA) is 105 Å². The predicted octanol–water partition coefficient (Wildman–Crippen LogP) is 5.42. The largest absolute Gasteiger partial charge is 0.490 e. The third kappa shape index (κ3) is 6.64. The summed E-state index contributed by atoms with van der Waals surface area (Å²) >= 11 is 0. The van der Waals surface area contributed by atoms with Crippen molar-refractivity contribution < 1.29 is 35.3 Å². The minimum atomic E-state index is -4.60. The quantitative estimate of drug-likeness (QED) is 0.244. The molecule has 0 fully saturated rings. The first kappa shape index (κ1) is 26.3. The predicted molar refractivity (Wildman–Crippen MR) is 126 cm³/mol. The number of alkyl halides is 3. The summed E-state index contributed by atoms with van der Waals surface area (Å²) in [6, 6.07) is 17.2. The van der Waals surface area contributed by atoms with Gasteiger partial charge in [-0.05, 0) is 61.0 Å². The third-order valence-corrected chi connectivity index (χ3v) is 5.87. The lowest BCUT2D eigenvalue weighted by molar-refractivity contribution is -0.137. The van der Waals surface area contributed by atoms with Crippen molar-refractivity contribution >= 4 is 27.8 Å². The number of carbonyl (C=O) groups is 1. The van der Waals surface area contributed by atoms with Gasteiger partial charge < -0.3 is 14.2 Å². The minimum absolute atomic E-state index is 0.0429. The maximum Gasteiger partial charge on any atom is 0.416 e. The van der Waals surface area contributed by atoms with Crippen LogP contribution in [0.3, 0.4) is 0 Å². The molecule has 7 nitrogen and oxygen atoms in total. The summed E-state index contributed by atoms with van der Waals surface area (Å²) in [6.45, 7) is 1.83. The zero-order valence-corrected chi connectivity index (χ0v) is 19.6. The van der Waals surface area contributed by atoms with E-state index in [4.69, 9.17) is 8.92 Å². The summed E-state index contributed by atoms with van der Waals surface area (Å²) in [6.07, 6.45) is -3.41. The fraction of sp³-hybridized carbons (Fsp3) is 0.120. The van der Waals surface area contributed by atoms with E-state index in [0.717, 1.165) is 18.2 Å². The van der Waals surface area contributed by atoms with Gasteiger partial charge in [0.05, 0.1) is 12.2 Å². The fourth-order valence-electron chi connectivity index (χ4n) is 2.99. The van der Waals surface area contributed by atoms with Crippen molar-refractivity contribution in [3.63, 3.8) is 0 Å². The van der Waals surface area contributed by atoms with E-state index < -0.39 is 33.3 Å². The molecule has 0 spiro atoms. The maximum absolute atomic E-state index is 12.9. The number of rotatable bonds is 8. The smallest absolute Gasteiger partial charge is 0.416 e. The van der Waals surface area contributed by atoms with Crippen LogP contribution in [0, 0.1) is 11.3 Å². The molecule has 0 radical (unpaired) electrons. The molecule has 0 unspecified atom stereocenters. The van der Waals surface area contributed by atoms with E-state index in [1.54, 1.807) is 31.2 Å². The van der Waals surface area contributed by atoms with Crippen LogP contribution in [0.1, 0.15) is 18.1 Å². The van der Waals surface area contributed by atoms with Gasteiger partial charge in [0, 0.05) is 5.69 Å².